The van der Waals surface area contributed by atoms with Gasteiger partial charge in [0.05, 0.1) is 11.1 Å². The quantitative estimate of drug-likeness (QED) is 0.477. The summed E-state index contributed by atoms with van der Waals surface area (Å²) in [7, 11) is 0. The highest BCUT2D eigenvalue weighted by Gasteiger charge is 2.16. The minimum Gasteiger partial charge on any atom is -0.325 e. The normalized spacial score (nSPS) is 11.6. The monoisotopic (exact) mass is 411 g/mol. The molecule has 6 nitrogen and oxygen atoms in total. The summed E-state index contributed by atoms with van der Waals surface area (Å²) < 4.78 is 1.86. The van der Waals surface area contributed by atoms with Gasteiger partial charge in [-0.3, -0.25) is 9.20 Å². The lowest BCUT2D eigenvalue weighted by Crippen LogP contribution is -2.14. The SMILES string of the molecule is Cc1sc2ncn3c(SCC(=O)Nc4ccc(C(C)C)cc4)nnc3c2c1C. The maximum Gasteiger partial charge on any atom is 0.234 e. The fourth-order valence-corrected chi connectivity index (χ4v) is 4.70. The van der Waals surface area contributed by atoms with Crippen molar-refractivity contribution >= 4 is 50.6 Å². The molecule has 0 aliphatic rings. The van der Waals surface area contributed by atoms with Crippen molar-refractivity contribution in [2.24, 2.45) is 0 Å². The number of thiophene rings is 1. The van der Waals surface area contributed by atoms with E-state index in [9.17, 15) is 4.79 Å². The number of nitrogens with one attached hydrogen (secondary N) is 1. The van der Waals surface area contributed by atoms with E-state index in [4.69, 9.17) is 0 Å². The van der Waals surface area contributed by atoms with Gasteiger partial charge in [-0.05, 0) is 43.0 Å². The Hall–Kier alpha value is -2.45. The fraction of sp³-hybridized carbons (Fsp3) is 0.300. The third-order valence-corrected chi connectivity index (χ3v) is 6.80. The van der Waals surface area contributed by atoms with Crippen LogP contribution in [-0.4, -0.2) is 31.2 Å². The number of fused-ring (bicyclic) bond motifs is 3. The number of anilines is 1. The molecule has 3 heterocycles. The second kappa shape index (κ2) is 7.52. The van der Waals surface area contributed by atoms with E-state index in [0.29, 0.717) is 11.1 Å². The van der Waals surface area contributed by atoms with E-state index >= 15 is 0 Å². The van der Waals surface area contributed by atoms with E-state index in [1.807, 2.05) is 28.7 Å². The van der Waals surface area contributed by atoms with Gasteiger partial charge in [-0.15, -0.1) is 21.5 Å². The van der Waals surface area contributed by atoms with Crippen molar-refractivity contribution in [2.45, 2.75) is 38.8 Å². The van der Waals surface area contributed by atoms with Crippen LogP contribution in [-0.2, 0) is 4.79 Å². The van der Waals surface area contributed by atoms with E-state index in [2.05, 4.69) is 48.2 Å². The zero-order chi connectivity index (χ0) is 19.8. The van der Waals surface area contributed by atoms with Gasteiger partial charge in [0.2, 0.25) is 5.91 Å². The number of rotatable bonds is 5. The highest BCUT2D eigenvalue weighted by atomic mass is 32.2. The minimum atomic E-state index is -0.0735. The number of carbonyl (C=O) groups excluding carboxylic acids is 1. The molecule has 8 heteroatoms. The van der Waals surface area contributed by atoms with Crippen LogP contribution in [0.4, 0.5) is 5.69 Å². The van der Waals surface area contributed by atoms with Gasteiger partial charge >= 0.3 is 0 Å². The van der Waals surface area contributed by atoms with Crippen LogP contribution in [0, 0.1) is 13.8 Å². The van der Waals surface area contributed by atoms with Gasteiger partial charge < -0.3 is 5.32 Å². The molecule has 0 unspecified atom stereocenters. The van der Waals surface area contributed by atoms with Gasteiger partial charge in [-0.2, -0.15) is 0 Å². The maximum absolute atomic E-state index is 12.3. The number of nitrogens with zero attached hydrogens (tertiary/aromatic N) is 4. The van der Waals surface area contributed by atoms with E-state index in [-0.39, 0.29) is 11.7 Å². The Morgan fingerprint density at radius 2 is 1.96 bits per heavy atom. The van der Waals surface area contributed by atoms with Gasteiger partial charge in [0.1, 0.15) is 11.2 Å². The number of aromatic nitrogens is 4. The van der Waals surface area contributed by atoms with Gasteiger partial charge in [0.15, 0.2) is 10.8 Å². The van der Waals surface area contributed by atoms with Crippen molar-refractivity contribution < 1.29 is 4.79 Å². The number of amides is 1. The van der Waals surface area contributed by atoms with Crippen molar-refractivity contribution in [2.75, 3.05) is 11.1 Å². The second-order valence-electron chi connectivity index (χ2n) is 7.00. The molecule has 4 rings (SSSR count). The van der Waals surface area contributed by atoms with E-state index in [0.717, 1.165) is 21.6 Å². The predicted octanol–water partition coefficient (Wildman–Crippen LogP) is 4.81. The van der Waals surface area contributed by atoms with Crippen LogP contribution < -0.4 is 5.32 Å². The summed E-state index contributed by atoms with van der Waals surface area (Å²) in [5, 5.41) is 13.2. The fourth-order valence-electron chi connectivity index (χ4n) is 3.00. The summed E-state index contributed by atoms with van der Waals surface area (Å²) in [5.41, 5.74) is 4.03. The molecule has 1 N–H and O–H groups in total. The highest BCUT2D eigenvalue weighted by Crippen LogP contribution is 2.32. The number of benzene rings is 1. The van der Waals surface area contributed by atoms with Crippen molar-refractivity contribution in [3.63, 3.8) is 0 Å². The number of hydrogen-bond acceptors (Lipinski definition) is 6. The Morgan fingerprint density at radius 3 is 2.68 bits per heavy atom. The first-order valence-corrected chi connectivity index (χ1v) is 10.9. The van der Waals surface area contributed by atoms with E-state index in [1.165, 1.54) is 27.8 Å². The third kappa shape index (κ3) is 3.49. The molecule has 0 aliphatic carbocycles. The molecular weight excluding hydrogens is 390 g/mol. The lowest BCUT2D eigenvalue weighted by atomic mass is 10.0. The summed E-state index contributed by atoms with van der Waals surface area (Å²) in [4.78, 5) is 19.1. The van der Waals surface area contributed by atoms with Crippen LogP contribution >= 0.6 is 23.1 Å². The van der Waals surface area contributed by atoms with Gasteiger partial charge in [0, 0.05) is 10.6 Å². The van der Waals surface area contributed by atoms with Crippen LogP contribution in [0.5, 0.6) is 0 Å². The van der Waals surface area contributed by atoms with Crippen LogP contribution in [0.25, 0.3) is 15.9 Å². The van der Waals surface area contributed by atoms with Gasteiger partial charge in [0.25, 0.3) is 0 Å². The van der Waals surface area contributed by atoms with E-state index < -0.39 is 0 Å². The Labute approximate surface area is 171 Å². The molecule has 0 saturated heterocycles. The van der Waals surface area contributed by atoms with Crippen molar-refractivity contribution in [3.8, 4) is 0 Å². The first-order chi connectivity index (χ1) is 13.4. The molecule has 1 amide bonds. The standard InChI is InChI=1S/C20H21N5OS2/c1-11(2)14-5-7-15(8-6-14)22-16(26)9-27-20-24-23-18-17-12(3)13(4)28-19(17)21-10-25(18)20/h5-8,10-11H,9H2,1-4H3,(H,22,26). The number of carbonyl (C=O) groups is 1. The first kappa shape index (κ1) is 18.9. The zero-order valence-corrected chi connectivity index (χ0v) is 17.8. The largest absolute Gasteiger partial charge is 0.325 e. The maximum atomic E-state index is 12.3. The molecule has 0 fully saturated rings. The molecule has 4 aromatic rings. The van der Waals surface area contributed by atoms with Crippen LogP contribution in [0.15, 0.2) is 35.7 Å². The molecule has 0 bridgehead atoms. The van der Waals surface area contributed by atoms with Crippen LogP contribution in [0.3, 0.4) is 0 Å². The summed E-state index contributed by atoms with van der Waals surface area (Å²) in [5.74, 6) is 0.653. The Kier molecular flexibility index (Phi) is 5.07. The summed E-state index contributed by atoms with van der Waals surface area (Å²) >= 11 is 3.02. The lowest BCUT2D eigenvalue weighted by molar-refractivity contribution is -0.113. The zero-order valence-electron chi connectivity index (χ0n) is 16.2. The van der Waals surface area contributed by atoms with E-state index in [1.54, 1.807) is 17.7 Å². The Morgan fingerprint density at radius 1 is 1.21 bits per heavy atom. The smallest absolute Gasteiger partial charge is 0.234 e. The molecule has 28 heavy (non-hydrogen) atoms. The molecule has 1 aromatic carbocycles. The molecule has 144 valence electrons. The summed E-state index contributed by atoms with van der Waals surface area (Å²) in [6.45, 7) is 8.46. The number of thioether (sulfide) groups is 1. The molecule has 0 spiro atoms. The molecule has 3 aromatic heterocycles. The minimum absolute atomic E-state index is 0.0735. The summed E-state index contributed by atoms with van der Waals surface area (Å²) in [6.07, 6.45) is 1.73. The lowest BCUT2D eigenvalue weighted by Gasteiger charge is -2.08. The Balaban J connectivity index is 1.48. The second-order valence-corrected chi connectivity index (χ2v) is 9.14. The average molecular weight is 412 g/mol. The first-order valence-electron chi connectivity index (χ1n) is 9.06. The topological polar surface area (TPSA) is 72.2 Å². The van der Waals surface area contributed by atoms with Gasteiger partial charge in [-0.25, -0.2) is 4.98 Å². The molecular formula is C20H21N5OS2. The van der Waals surface area contributed by atoms with Crippen molar-refractivity contribution in [3.05, 3.63) is 46.6 Å². The highest BCUT2D eigenvalue weighted by molar-refractivity contribution is 7.99. The molecule has 0 atom stereocenters. The molecule has 0 radical (unpaired) electrons. The van der Waals surface area contributed by atoms with Gasteiger partial charge in [-0.1, -0.05) is 37.7 Å². The molecule has 0 saturated carbocycles. The van der Waals surface area contributed by atoms with Crippen LogP contribution in [0.1, 0.15) is 35.8 Å². The average Bonchev–Trinajstić information content (AvgIpc) is 3.21. The molecule has 0 aliphatic heterocycles. The Bertz CT molecular complexity index is 1160. The predicted molar refractivity (Wildman–Crippen MR) is 116 cm³/mol. The van der Waals surface area contributed by atoms with Crippen molar-refractivity contribution in [1.29, 1.82) is 0 Å². The van der Waals surface area contributed by atoms with Crippen LogP contribution in [0.2, 0.25) is 0 Å². The summed E-state index contributed by atoms with van der Waals surface area (Å²) in [6, 6.07) is 7.96. The number of hydrogen-bond donors (Lipinski definition) is 1. The third-order valence-electron chi connectivity index (χ3n) is 4.74. The van der Waals surface area contributed by atoms with Crippen molar-refractivity contribution in [1.82, 2.24) is 19.6 Å². The number of aryl methyl sites for hydroxylation is 2.